The predicted octanol–water partition coefficient (Wildman–Crippen LogP) is 9.38. The first-order chi connectivity index (χ1) is 26.2. The van der Waals surface area contributed by atoms with Gasteiger partial charge in [-0.25, -0.2) is 9.78 Å². The standard InChI is InChI=1S/C30H46O4.C16H13N3O3/c1-25(2)21-8-11-30(7)23(28(21,5)10-9-22(25)32)20(31)16-18-19-17-27(4,24(33)34)13-12-26(19,3)14-15-29(18,30)6;1-22-16(21)19-15-17-12-8-7-11(9-13(12)18-15)14(20)10-5-3-2-4-6-10/h16,19,21-23,32H,8-15,17H2,1-7H3,(H,33,34);2-9H,1H3,(H2,17,18,19,21). The van der Waals surface area contributed by atoms with Gasteiger partial charge in [-0.1, -0.05) is 77.4 Å². The molecule has 0 spiro atoms. The molecular weight excluding hydrogens is 707 g/mol. The van der Waals surface area contributed by atoms with Crippen molar-refractivity contribution in [2.75, 3.05) is 12.4 Å². The third-order valence-corrected chi connectivity index (χ3v) is 16.3. The quantitative estimate of drug-likeness (QED) is 0.191. The average Bonchev–Trinajstić information content (AvgIpc) is 3.56. The number of allylic oxidation sites excluding steroid dienone is 2. The first-order valence-electron chi connectivity index (χ1n) is 20.3. The van der Waals surface area contributed by atoms with Crippen LogP contribution in [0.1, 0.15) is 122 Å². The van der Waals surface area contributed by atoms with Crippen molar-refractivity contribution in [2.24, 2.45) is 50.2 Å². The van der Waals surface area contributed by atoms with Crippen LogP contribution in [-0.2, 0) is 14.3 Å². The maximum atomic E-state index is 14.2. The fraction of sp³-hybridized carbons (Fsp3) is 0.587. The first kappa shape index (κ1) is 39.9. The summed E-state index contributed by atoms with van der Waals surface area (Å²) in [6.45, 7) is 15.8. The van der Waals surface area contributed by atoms with Crippen molar-refractivity contribution < 1.29 is 34.1 Å². The van der Waals surface area contributed by atoms with E-state index in [2.05, 4.69) is 61.6 Å². The summed E-state index contributed by atoms with van der Waals surface area (Å²) >= 11 is 0. The number of ether oxygens (including phenoxy) is 1. The van der Waals surface area contributed by atoms with E-state index in [1.165, 1.54) is 12.7 Å². The Hall–Kier alpha value is -4.31. The van der Waals surface area contributed by atoms with Crippen molar-refractivity contribution in [1.82, 2.24) is 9.97 Å². The summed E-state index contributed by atoms with van der Waals surface area (Å²) in [5.41, 5.74) is 2.62. The Morgan fingerprint density at radius 2 is 1.57 bits per heavy atom. The number of aromatic nitrogens is 2. The van der Waals surface area contributed by atoms with Crippen molar-refractivity contribution in [3.63, 3.8) is 0 Å². The molecular formula is C46H59N3O7. The number of benzene rings is 2. The summed E-state index contributed by atoms with van der Waals surface area (Å²) in [4.78, 5) is 57.1. The molecule has 0 radical (unpaired) electrons. The number of hydrogen-bond acceptors (Lipinski definition) is 7. The molecule has 300 valence electrons. The number of fused-ring (bicyclic) bond motifs is 8. The van der Waals surface area contributed by atoms with Crippen LogP contribution in [0.3, 0.4) is 0 Å². The highest BCUT2D eigenvalue weighted by Gasteiger charge is 2.70. The van der Waals surface area contributed by atoms with Crippen molar-refractivity contribution in [1.29, 1.82) is 0 Å². The van der Waals surface area contributed by atoms with Gasteiger partial charge in [0.15, 0.2) is 11.6 Å². The second kappa shape index (κ2) is 13.7. The molecule has 8 rings (SSSR count). The maximum absolute atomic E-state index is 14.2. The highest BCUT2D eigenvalue weighted by molar-refractivity contribution is 6.10. The second-order valence-electron chi connectivity index (χ2n) is 19.6. The van der Waals surface area contributed by atoms with Crippen LogP contribution in [0, 0.1) is 50.2 Å². The number of aliphatic hydroxyl groups is 1. The van der Waals surface area contributed by atoms with E-state index in [-0.39, 0.29) is 62.5 Å². The number of H-pyrrole nitrogens is 1. The van der Waals surface area contributed by atoms with E-state index in [0.29, 0.717) is 34.5 Å². The number of aromatic amines is 1. The van der Waals surface area contributed by atoms with Gasteiger partial charge in [-0.3, -0.25) is 19.7 Å². The minimum absolute atomic E-state index is 0.0296. The number of ketones is 2. The molecule has 10 nitrogen and oxygen atoms in total. The molecule has 2 aromatic carbocycles. The largest absolute Gasteiger partial charge is 0.481 e. The Bertz CT molecular complexity index is 2110. The van der Waals surface area contributed by atoms with Gasteiger partial charge in [0.05, 0.1) is 29.7 Å². The average molecular weight is 766 g/mol. The molecule has 5 aliphatic carbocycles. The Morgan fingerprint density at radius 1 is 0.875 bits per heavy atom. The molecule has 0 bridgehead atoms. The fourth-order valence-corrected chi connectivity index (χ4v) is 12.5. The zero-order chi connectivity index (χ0) is 40.6. The SMILES string of the molecule is CC1(C(=O)O)CCC2(C)CCC3(C)C(=CC(=O)C4C5(C)CCC(O)C(C)(C)C5CCC43C)C2C1.COC(=O)Nc1nc2ccc(C(=O)c3ccccc3)cc2[nH]1. The van der Waals surface area contributed by atoms with Gasteiger partial charge in [-0.2, -0.15) is 0 Å². The topological polar surface area (TPSA) is 159 Å². The van der Waals surface area contributed by atoms with E-state index in [0.717, 1.165) is 51.4 Å². The molecule has 0 saturated heterocycles. The van der Waals surface area contributed by atoms with Crippen molar-refractivity contribution >= 4 is 40.6 Å². The Labute approximate surface area is 330 Å². The maximum Gasteiger partial charge on any atom is 0.413 e. The summed E-state index contributed by atoms with van der Waals surface area (Å²) in [7, 11) is 1.27. The summed E-state index contributed by atoms with van der Waals surface area (Å²) < 4.78 is 4.51. The minimum atomic E-state index is -0.711. The Morgan fingerprint density at radius 3 is 2.25 bits per heavy atom. The van der Waals surface area contributed by atoms with Gasteiger partial charge in [0, 0.05) is 17.0 Å². The number of nitrogens with one attached hydrogen (secondary N) is 2. The highest BCUT2D eigenvalue weighted by Crippen LogP contribution is 2.75. The van der Waals surface area contributed by atoms with Crippen LogP contribution in [0.25, 0.3) is 11.0 Å². The zero-order valence-electron chi connectivity index (χ0n) is 34.3. The number of carbonyl (C=O) groups is 4. The Kier molecular flexibility index (Phi) is 9.74. The van der Waals surface area contributed by atoms with Gasteiger partial charge in [0.25, 0.3) is 0 Å². The second-order valence-corrected chi connectivity index (χ2v) is 19.6. The van der Waals surface area contributed by atoms with Gasteiger partial charge in [-0.05, 0) is 128 Å². The van der Waals surface area contributed by atoms with Crippen molar-refractivity contribution in [3.8, 4) is 0 Å². The smallest absolute Gasteiger partial charge is 0.413 e. The fourth-order valence-electron chi connectivity index (χ4n) is 12.5. The van der Waals surface area contributed by atoms with Gasteiger partial charge in [-0.15, -0.1) is 0 Å². The van der Waals surface area contributed by atoms with Crippen LogP contribution in [0.4, 0.5) is 10.7 Å². The van der Waals surface area contributed by atoms with Gasteiger partial charge >= 0.3 is 12.1 Å². The lowest BCUT2D eigenvalue weighted by Crippen LogP contribution is -2.66. The lowest BCUT2D eigenvalue weighted by atomic mass is 9.33. The van der Waals surface area contributed by atoms with E-state index >= 15 is 0 Å². The summed E-state index contributed by atoms with van der Waals surface area (Å²) in [6, 6.07) is 14.2. The van der Waals surface area contributed by atoms with Crippen molar-refractivity contribution in [2.45, 2.75) is 112 Å². The number of carboxylic acids is 1. The lowest BCUT2D eigenvalue weighted by Gasteiger charge is -2.70. The number of methoxy groups -OCH3 is 1. The van der Waals surface area contributed by atoms with Gasteiger partial charge in [0.2, 0.25) is 5.95 Å². The van der Waals surface area contributed by atoms with Crippen LogP contribution in [0.5, 0.6) is 0 Å². The number of carboxylic acid groups (broad SMARTS) is 1. The zero-order valence-corrected chi connectivity index (χ0v) is 34.3. The van der Waals surface area contributed by atoms with E-state index in [9.17, 15) is 29.4 Å². The number of nitrogens with zero attached hydrogens (tertiary/aromatic N) is 1. The molecule has 1 heterocycles. The van der Waals surface area contributed by atoms with Crippen LogP contribution in [0.15, 0.2) is 60.2 Å². The monoisotopic (exact) mass is 765 g/mol. The number of amides is 1. The number of anilines is 1. The van der Waals surface area contributed by atoms with Crippen LogP contribution < -0.4 is 5.32 Å². The van der Waals surface area contributed by atoms with Gasteiger partial charge < -0.3 is 19.9 Å². The lowest BCUT2D eigenvalue weighted by molar-refractivity contribution is -0.202. The van der Waals surface area contributed by atoms with E-state index in [4.69, 9.17) is 0 Å². The molecule has 3 aromatic rings. The molecule has 1 amide bonds. The third-order valence-electron chi connectivity index (χ3n) is 16.3. The molecule has 5 aliphatic rings. The molecule has 4 fully saturated rings. The molecule has 1 aromatic heterocycles. The molecule has 9 unspecified atom stereocenters. The normalized spacial score (nSPS) is 36.9. The molecule has 10 heteroatoms. The third kappa shape index (κ3) is 6.12. The van der Waals surface area contributed by atoms with Crippen LogP contribution in [-0.4, -0.2) is 57.0 Å². The Balaban J connectivity index is 0.000000189. The molecule has 4 N–H and O–H groups in total. The van der Waals surface area contributed by atoms with Gasteiger partial charge in [0.1, 0.15) is 0 Å². The molecule has 4 saturated carbocycles. The van der Waals surface area contributed by atoms with E-state index in [1.54, 1.807) is 30.3 Å². The highest BCUT2D eigenvalue weighted by atomic mass is 16.5. The van der Waals surface area contributed by atoms with Crippen LogP contribution in [0.2, 0.25) is 0 Å². The number of hydrogen-bond donors (Lipinski definition) is 4. The van der Waals surface area contributed by atoms with Crippen molar-refractivity contribution in [3.05, 3.63) is 71.3 Å². The predicted molar refractivity (Wildman–Crippen MR) is 215 cm³/mol. The van der Waals surface area contributed by atoms with E-state index < -0.39 is 17.5 Å². The van der Waals surface area contributed by atoms with E-state index in [1.807, 2.05) is 31.2 Å². The summed E-state index contributed by atoms with van der Waals surface area (Å²) in [6.07, 6.45) is 9.34. The number of aliphatic carboxylic acids is 1. The molecule has 0 aliphatic heterocycles. The number of imidazole rings is 1. The first-order valence-corrected chi connectivity index (χ1v) is 20.3. The van der Waals surface area contributed by atoms with Crippen LogP contribution >= 0.6 is 0 Å². The molecule has 56 heavy (non-hydrogen) atoms. The summed E-state index contributed by atoms with van der Waals surface area (Å²) in [5.74, 6) is 0.260. The molecule has 9 atom stereocenters. The summed E-state index contributed by atoms with van der Waals surface area (Å²) in [5, 5.41) is 23.4. The number of aliphatic hydroxyl groups excluding tert-OH is 1. The minimum Gasteiger partial charge on any atom is -0.481 e. The number of rotatable bonds is 4. The number of carbonyl (C=O) groups excluding carboxylic acids is 3.